The van der Waals surface area contributed by atoms with Crippen LogP contribution in [0, 0.1) is 0 Å². The van der Waals surface area contributed by atoms with E-state index < -0.39 is 10.0 Å². The number of aromatic nitrogens is 1. The molecule has 0 aliphatic rings. The van der Waals surface area contributed by atoms with Crippen LogP contribution in [0.5, 0.6) is 0 Å². The lowest BCUT2D eigenvalue weighted by Gasteiger charge is -2.11. The quantitative estimate of drug-likeness (QED) is 0.815. The molecule has 3 N–H and O–H groups in total. The first kappa shape index (κ1) is 16.0. The molecule has 0 aliphatic heterocycles. The van der Waals surface area contributed by atoms with Crippen molar-refractivity contribution in [3.8, 4) is 0 Å². The first-order valence-electron chi connectivity index (χ1n) is 6.03. The number of hydrogen-bond donors (Lipinski definition) is 2. The average Bonchev–Trinajstić information content (AvgIpc) is 2.38. The smallest absolute Gasteiger partial charge is 0.244 e. The standard InChI is InChI=1S/C13H13Cl2N3O2S/c14-10-6-11(15)13(12(16)7-10)21(19,20)18-5-3-9-2-1-4-17-8-9/h1-2,4,6-8,18H,3,5,16H2. The molecule has 112 valence electrons. The van der Waals surface area contributed by atoms with E-state index in [-0.39, 0.29) is 27.2 Å². The highest BCUT2D eigenvalue weighted by Gasteiger charge is 2.21. The van der Waals surface area contributed by atoms with Crippen LogP contribution >= 0.6 is 23.2 Å². The summed E-state index contributed by atoms with van der Waals surface area (Å²) in [4.78, 5) is 3.81. The third kappa shape index (κ3) is 4.07. The van der Waals surface area contributed by atoms with Crippen LogP contribution in [0.1, 0.15) is 5.56 Å². The zero-order valence-corrected chi connectivity index (χ0v) is 13.2. The number of pyridine rings is 1. The van der Waals surface area contributed by atoms with E-state index in [9.17, 15) is 8.42 Å². The van der Waals surface area contributed by atoms with Gasteiger partial charge in [-0.1, -0.05) is 29.3 Å². The summed E-state index contributed by atoms with van der Waals surface area (Å²) in [5.41, 5.74) is 6.63. The van der Waals surface area contributed by atoms with Crippen LogP contribution in [0.25, 0.3) is 0 Å². The number of rotatable bonds is 5. The van der Waals surface area contributed by atoms with Gasteiger partial charge in [-0.05, 0) is 30.2 Å². The highest BCUT2D eigenvalue weighted by molar-refractivity contribution is 7.89. The maximum absolute atomic E-state index is 12.2. The number of nitrogens with one attached hydrogen (secondary N) is 1. The monoisotopic (exact) mass is 345 g/mol. The topological polar surface area (TPSA) is 85.1 Å². The molecule has 5 nitrogen and oxygen atoms in total. The summed E-state index contributed by atoms with van der Waals surface area (Å²) in [6.07, 6.45) is 3.85. The molecule has 0 aliphatic carbocycles. The van der Waals surface area contributed by atoms with E-state index in [2.05, 4.69) is 9.71 Å². The molecule has 8 heteroatoms. The number of sulfonamides is 1. The van der Waals surface area contributed by atoms with E-state index in [1.807, 2.05) is 6.07 Å². The Labute approximate surface area is 133 Å². The van der Waals surface area contributed by atoms with Gasteiger partial charge >= 0.3 is 0 Å². The fourth-order valence-electron chi connectivity index (χ4n) is 1.81. The van der Waals surface area contributed by atoms with E-state index in [0.717, 1.165) is 5.56 Å². The van der Waals surface area contributed by atoms with Gasteiger partial charge in [0.2, 0.25) is 10.0 Å². The Morgan fingerprint density at radius 3 is 2.67 bits per heavy atom. The maximum Gasteiger partial charge on any atom is 0.244 e. The second-order valence-corrected chi connectivity index (χ2v) is 6.86. The lowest BCUT2D eigenvalue weighted by Crippen LogP contribution is -2.27. The molecule has 0 radical (unpaired) electrons. The molecule has 2 rings (SSSR count). The van der Waals surface area contributed by atoms with E-state index in [1.54, 1.807) is 18.5 Å². The first-order valence-corrected chi connectivity index (χ1v) is 8.27. The van der Waals surface area contributed by atoms with Crippen LogP contribution in [0.3, 0.4) is 0 Å². The summed E-state index contributed by atoms with van der Waals surface area (Å²) in [6, 6.07) is 6.35. The van der Waals surface area contributed by atoms with Crippen molar-refractivity contribution in [1.29, 1.82) is 0 Å². The van der Waals surface area contributed by atoms with Gasteiger partial charge in [0, 0.05) is 24.0 Å². The van der Waals surface area contributed by atoms with E-state index >= 15 is 0 Å². The van der Waals surface area contributed by atoms with Crippen LogP contribution < -0.4 is 10.5 Å². The zero-order valence-electron chi connectivity index (χ0n) is 10.9. The predicted octanol–water partition coefficient (Wildman–Crippen LogP) is 2.49. The van der Waals surface area contributed by atoms with Crippen molar-refractivity contribution in [2.45, 2.75) is 11.3 Å². The number of nitrogen functional groups attached to an aromatic ring is 1. The average molecular weight is 346 g/mol. The summed E-state index contributed by atoms with van der Waals surface area (Å²) in [5, 5.41) is 0.278. The normalized spacial score (nSPS) is 11.5. The van der Waals surface area contributed by atoms with Crippen LogP contribution in [0.15, 0.2) is 41.6 Å². The Bertz CT molecular complexity index is 713. The van der Waals surface area contributed by atoms with E-state index in [0.29, 0.717) is 6.42 Å². The van der Waals surface area contributed by atoms with Crippen molar-refractivity contribution >= 4 is 38.9 Å². The van der Waals surface area contributed by atoms with Crippen LogP contribution in [0.2, 0.25) is 10.0 Å². The zero-order chi connectivity index (χ0) is 15.5. The van der Waals surface area contributed by atoms with Gasteiger partial charge in [-0.3, -0.25) is 4.98 Å². The van der Waals surface area contributed by atoms with Crippen molar-refractivity contribution in [2.24, 2.45) is 0 Å². The second-order valence-electron chi connectivity index (χ2n) is 4.32. The van der Waals surface area contributed by atoms with Gasteiger partial charge in [0.05, 0.1) is 10.7 Å². The van der Waals surface area contributed by atoms with Gasteiger partial charge in [0.15, 0.2) is 0 Å². The van der Waals surface area contributed by atoms with Gasteiger partial charge in [0.1, 0.15) is 4.90 Å². The number of hydrogen-bond acceptors (Lipinski definition) is 4. The molecule has 0 unspecified atom stereocenters. The van der Waals surface area contributed by atoms with Crippen LogP contribution in [-0.4, -0.2) is 19.9 Å². The Morgan fingerprint density at radius 2 is 2.05 bits per heavy atom. The Morgan fingerprint density at radius 1 is 1.29 bits per heavy atom. The summed E-state index contributed by atoms with van der Waals surface area (Å²) >= 11 is 11.7. The number of anilines is 1. The Balaban J connectivity index is 2.12. The molecule has 0 fully saturated rings. The van der Waals surface area contributed by atoms with Gasteiger partial charge in [0.25, 0.3) is 0 Å². The summed E-state index contributed by atoms with van der Waals surface area (Å²) in [7, 11) is -3.79. The molecule has 0 amide bonds. The minimum Gasteiger partial charge on any atom is -0.398 e. The molecule has 1 aromatic heterocycles. The fourth-order valence-corrected chi connectivity index (χ4v) is 3.83. The Hall–Kier alpha value is -1.34. The SMILES string of the molecule is Nc1cc(Cl)cc(Cl)c1S(=O)(=O)NCCc1cccnc1. The Kier molecular flexibility index (Phi) is 5.05. The minimum atomic E-state index is -3.79. The highest BCUT2D eigenvalue weighted by atomic mass is 35.5. The minimum absolute atomic E-state index is 0.00567. The third-order valence-electron chi connectivity index (χ3n) is 2.73. The second kappa shape index (κ2) is 6.62. The van der Waals surface area contributed by atoms with Crippen molar-refractivity contribution in [1.82, 2.24) is 9.71 Å². The van der Waals surface area contributed by atoms with Crippen LogP contribution in [0.4, 0.5) is 5.69 Å². The number of halogens is 2. The predicted molar refractivity (Wildman–Crippen MR) is 84.0 cm³/mol. The largest absolute Gasteiger partial charge is 0.398 e. The van der Waals surface area contributed by atoms with E-state index in [1.165, 1.54) is 12.1 Å². The van der Waals surface area contributed by atoms with Crippen molar-refractivity contribution in [3.63, 3.8) is 0 Å². The molecule has 0 saturated carbocycles. The first-order chi connectivity index (χ1) is 9.90. The molecular formula is C13H13Cl2N3O2S. The van der Waals surface area contributed by atoms with Gasteiger partial charge < -0.3 is 5.73 Å². The molecule has 0 bridgehead atoms. The lowest BCUT2D eigenvalue weighted by atomic mass is 10.2. The third-order valence-corrected chi connectivity index (χ3v) is 4.94. The van der Waals surface area contributed by atoms with Crippen molar-refractivity contribution < 1.29 is 8.42 Å². The molecule has 0 atom stereocenters. The molecule has 1 heterocycles. The maximum atomic E-state index is 12.2. The number of nitrogens with zero attached hydrogens (tertiary/aromatic N) is 1. The number of nitrogens with two attached hydrogens (primary N) is 1. The van der Waals surface area contributed by atoms with Gasteiger partial charge in [-0.15, -0.1) is 0 Å². The number of benzene rings is 1. The molecule has 0 saturated heterocycles. The van der Waals surface area contributed by atoms with E-state index in [4.69, 9.17) is 28.9 Å². The van der Waals surface area contributed by atoms with Crippen LogP contribution in [-0.2, 0) is 16.4 Å². The van der Waals surface area contributed by atoms with Gasteiger partial charge in [-0.2, -0.15) is 0 Å². The van der Waals surface area contributed by atoms with Crippen molar-refractivity contribution in [2.75, 3.05) is 12.3 Å². The lowest BCUT2D eigenvalue weighted by molar-refractivity contribution is 0.582. The molecule has 1 aromatic carbocycles. The highest BCUT2D eigenvalue weighted by Crippen LogP contribution is 2.30. The molecule has 21 heavy (non-hydrogen) atoms. The van der Waals surface area contributed by atoms with Crippen molar-refractivity contribution in [3.05, 3.63) is 52.3 Å². The molecule has 0 spiro atoms. The molecular weight excluding hydrogens is 333 g/mol. The summed E-state index contributed by atoms with van der Waals surface area (Å²) in [5.74, 6) is 0. The summed E-state index contributed by atoms with van der Waals surface area (Å²) < 4.78 is 26.9. The fraction of sp³-hybridized carbons (Fsp3) is 0.154. The summed E-state index contributed by atoms with van der Waals surface area (Å²) in [6.45, 7) is 0.215. The van der Waals surface area contributed by atoms with Gasteiger partial charge in [-0.25, -0.2) is 13.1 Å². The molecule has 2 aromatic rings.